The van der Waals surface area contributed by atoms with Gasteiger partial charge in [0.25, 0.3) is 0 Å². The molecule has 4 aliphatic rings. The fraction of sp³-hybridized carbons (Fsp3) is 0.524. The van der Waals surface area contributed by atoms with Crippen LogP contribution in [0.2, 0.25) is 0 Å². The zero-order valence-corrected chi connectivity index (χ0v) is 15.5. The maximum absolute atomic E-state index is 12.5. The molecule has 1 aromatic carbocycles. The summed E-state index contributed by atoms with van der Waals surface area (Å²) in [7, 11) is 0. The van der Waals surface area contributed by atoms with Crippen molar-refractivity contribution < 1.29 is 14.0 Å². The van der Waals surface area contributed by atoms with Crippen LogP contribution in [0.3, 0.4) is 0 Å². The molecule has 0 aliphatic heterocycles. The Morgan fingerprint density at radius 1 is 1.00 bits per heavy atom. The van der Waals surface area contributed by atoms with Gasteiger partial charge < -0.3 is 9.73 Å². The smallest absolute Gasteiger partial charge is 0.333 e. The predicted octanol–water partition coefficient (Wildman–Crippen LogP) is 3.65. The molecule has 1 heterocycles. The number of fused-ring (bicyclic) bond motifs is 1. The molecule has 0 spiro atoms. The third-order valence-corrected chi connectivity index (χ3v) is 6.76. The van der Waals surface area contributed by atoms with Crippen molar-refractivity contribution in [3.8, 4) is 0 Å². The summed E-state index contributed by atoms with van der Waals surface area (Å²) in [6.45, 7) is 1.84. The van der Waals surface area contributed by atoms with Crippen molar-refractivity contribution in [2.45, 2.75) is 51.0 Å². The number of hydrogen-bond donors (Lipinski definition) is 3. The largest absolute Gasteiger partial charge is 0.451 e. The molecule has 4 fully saturated rings. The van der Waals surface area contributed by atoms with E-state index in [1.807, 2.05) is 31.2 Å². The third kappa shape index (κ3) is 2.87. The second-order valence-electron chi connectivity index (χ2n) is 8.78. The molecule has 142 valence electrons. The summed E-state index contributed by atoms with van der Waals surface area (Å²) in [6.07, 6.45) is 7.19. The van der Waals surface area contributed by atoms with E-state index in [1.165, 1.54) is 19.3 Å². The molecule has 0 saturated heterocycles. The number of amides is 3. The lowest BCUT2D eigenvalue weighted by Crippen LogP contribution is -2.62. The van der Waals surface area contributed by atoms with Crippen molar-refractivity contribution in [2.75, 3.05) is 0 Å². The first-order valence-electron chi connectivity index (χ1n) is 9.88. The van der Waals surface area contributed by atoms with Gasteiger partial charge in [0.05, 0.1) is 0 Å². The van der Waals surface area contributed by atoms with Gasteiger partial charge in [0, 0.05) is 16.5 Å². The van der Waals surface area contributed by atoms with E-state index in [2.05, 4.69) is 16.2 Å². The van der Waals surface area contributed by atoms with Crippen LogP contribution in [-0.2, 0) is 0 Å². The molecule has 27 heavy (non-hydrogen) atoms. The summed E-state index contributed by atoms with van der Waals surface area (Å²) >= 11 is 0. The highest BCUT2D eigenvalue weighted by Gasteiger charge is 2.51. The van der Waals surface area contributed by atoms with Gasteiger partial charge in [-0.3, -0.25) is 10.2 Å². The van der Waals surface area contributed by atoms with Crippen LogP contribution in [0.1, 0.15) is 54.6 Å². The SMILES string of the molecule is Cc1c(C(=O)NNC(=O)NC23CC4CC(CC(C4)C2)C3)oc2ccccc12. The lowest BCUT2D eigenvalue weighted by atomic mass is 9.53. The Hall–Kier alpha value is -2.50. The molecule has 0 radical (unpaired) electrons. The molecule has 1 aromatic heterocycles. The van der Waals surface area contributed by atoms with E-state index in [4.69, 9.17) is 4.42 Å². The normalized spacial score (nSPS) is 31.1. The van der Waals surface area contributed by atoms with Gasteiger partial charge in [0.2, 0.25) is 0 Å². The molecule has 6 rings (SSSR count). The summed E-state index contributed by atoms with van der Waals surface area (Å²) in [5.74, 6) is 2.05. The maximum Gasteiger partial charge on any atom is 0.333 e. The number of para-hydroxylation sites is 1. The summed E-state index contributed by atoms with van der Waals surface area (Å²) in [5.41, 5.74) is 6.36. The highest BCUT2D eigenvalue weighted by atomic mass is 16.3. The quantitative estimate of drug-likeness (QED) is 0.709. The number of hydrazine groups is 1. The van der Waals surface area contributed by atoms with E-state index in [9.17, 15) is 9.59 Å². The van der Waals surface area contributed by atoms with E-state index in [0.717, 1.165) is 48.0 Å². The van der Waals surface area contributed by atoms with Crippen LogP contribution in [0, 0.1) is 24.7 Å². The van der Waals surface area contributed by atoms with Crippen molar-refractivity contribution in [3.63, 3.8) is 0 Å². The molecule has 0 unspecified atom stereocenters. The Balaban J connectivity index is 1.23. The zero-order chi connectivity index (χ0) is 18.6. The lowest BCUT2D eigenvalue weighted by molar-refractivity contribution is -0.0137. The van der Waals surface area contributed by atoms with Gasteiger partial charge in [-0.25, -0.2) is 10.2 Å². The van der Waals surface area contributed by atoms with Crippen LogP contribution in [0.25, 0.3) is 11.0 Å². The molecule has 3 amide bonds. The van der Waals surface area contributed by atoms with Gasteiger partial charge in [-0.15, -0.1) is 0 Å². The van der Waals surface area contributed by atoms with Gasteiger partial charge in [-0.1, -0.05) is 18.2 Å². The fourth-order valence-electron chi connectivity index (χ4n) is 6.10. The second-order valence-corrected chi connectivity index (χ2v) is 8.78. The first-order chi connectivity index (χ1) is 13.0. The minimum atomic E-state index is -0.440. The number of hydrogen-bond acceptors (Lipinski definition) is 3. The monoisotopic (exact) mass is 367 g/mol. The second kappa shape index (κ2) is 6.01. The Bertz CT molecular complexity index is 881. The van der Waals surface area contributed by atoms with Gasteiger partial charge >= 0.3 is 11.9 Å². The number of benzene rings is 1. The van der Waals surface area contributed by atoms with Crippen LogP contribution in [-0.4, -0.2) is 17.5 Å². The van der Waals surface area contributed by atoms with Crippen molar-refractivity contribution in [3.05, 3.63) is 35.6 Å². The van der Waals surface area contributed by atoms with E-state index in [-0.39, 0.29) is 17.3 Å². The Morgan fingerprint density at radius 3 is 2.26 bits per heavy atom. The van der Waals surface area contributed by atoms with E-state index in [0.29, 0.717) is 5.58 Å². The number of nitrogens with one attached hydrogen (secondary N) is 3. The number of aryl methyl sites for hydroxylation is 1. The molecule has 2 aromatic rings. The van der Waals surface area contributed by atoms with Crippen LogP contribution < -0.4 is 16.2 Å². The lowest BCUT2D eigenvalue weighted by Gasteiger charge is -2.56. The minimum Gasteiger partial charge on any atom is -0.451 e. The number of furan rings is 1. The number of carbonyl (C=O) groups excluding carboxylic acids is 2. The Kier molecular flexibility index (Phi) is 3.71. The average molecular weight is 367 g/mol. The van der Waals surface area contributed by atoms with Crippen molar-refractivity contribution >= 4 is 22.9 Å². The van der Waals surface area contributed by atoms with E-state index >= 15 is 0 Å². The van der Waals surface area contributed by atoms with Gasteiger partial charge in [0.15, 0.2) is 5.76 Å². The molecular weight excluding hydrogens is 342 g/mol. The van der Waals surface area contributed by atoms with Crippen LogP contribution in [0.4, 0.5) is 4.79 Å². The highest BCUT2D eigenvalue weighted by Crippen LogP contribution is 2.55. The first-order valence-corrected chi connectivity index (χ1v) is 9.88. The first kappa shape index (κ1) is 16.7. The topological polar surface area (TPSA) is 83.4 Å². The summed E-state index contributed by atoms with van der Waals surface area (Å²) < 4.78 is 5.64. The number of rotatable bonds is 2. The highest BCUT2D eigenvalue weighted by molar-refractivity contribution is 5.99. The Morgan fingerprint density at radius 2 is 1.63 bits per heavy atom. The zero-order valence-electron chi connectivity index (χ0n) is 15.5. The summed E-state index contributed by atoms with van der Waals surface area (Å²) in [5, 5.41) is 4.08. The van der Waals surface area contributed by atoms with Gasteiger partial charge in [-0.2, -0.15) is 0 Å². The molecular formula is C21H25N3O3. The Labute approximate surface area is 158 Å². The van der Waals surface area contributed by atoms with Crippen molar-refractivity contribution in [1.82, 2.24) is 16.2 Å². The molecule has 6 nitrogen and oxygen atoms in total. The molecule has 6 heteroatoms. The molecule has 4 aliphatic carbocycles. The third-order valence-electron chi connectivity index (χ3n) is 6.76. The van der Waals surface area contributed by atoms with Crippen LogP contribution in [0.15, 0.2) is 28.7 Å². The standard InChI is InChI=1S/C21H25N3O3/c1-12-16-4-2-3-5-17(16)27-18(12)19(25)23-24-20(26)22-21-9-13-6-14(10-21)8-15(7-13)11-21/h2-5,13-15H,6-11H2,1H3,(H,23,25)(H2,22,24,26). The van der Waals surface area contributed by atoms with E-state index < -0.39 is 5.91 Å². The van der Waals surface area contributed by atoms with Gasteiger partial charge in [-0.05, 0) is 69.3 Å². The molecule has 4 saturated carbocycles. The van der Waals surface area contributed by atoms with Crippen LogP contribution >= 0.6 is 0 Å². The average Bonchev–Trinajstić information content (AvgIpc) is 2.95. The van der Waals surface area contributed by atoms with Crippen molar-refractivity contribution in [1.29, 1.82) is 0 Å². The van der Waals surface area contributed by atoms with E-state index in [1.54, 1.807) is 0 Å². The van der Waals surface area contributed by atoms with Crippen molar-refractivity contribution in [2.24, 2.45) is 17.8 Å². The van der Waals surface area contributed by atoms with Gasteiger partial charge in [0.1, 0.15) is 5.58 Å². The molecule has 4 bridgehead atoms. The van der Waals surface area contributed by atoms with Crippen LogP contribution in [0.5, 0.6) is 0 Å². The molecule has 3 N–H and O–H groups in total. The fourth-order valence-corrected chi connectivity index (χ4v) is 6.10. The number of urea groups is 1. The predicted molar refractivity (Wildman–Crippen MR) is 101 cm³/mol. The summed E-state index contributed by atoms with van der Waals surface area (Å²) in [6, 6.07) is 7.18. The maximum atomic E-state index is 12.5. The number of carbonyl (C=O) groups is 2. The molecule has 0 atom stereocenters. The minimum absolute atomic E-state index is 0.0845. The summed E-state index contributed by atoms with van der Waals surface area (Å²) in [4.78, 5) is 24.9.